The van der Waals surface area contributed by atoms with Crippen LogP contribution < -0.4 is 11.1 Å². The fourth-order valence-corrected chi connectivity index (χ4v) is 2.38. The number of hydrogen-bond acceptors (Lipinski definition) is 3. The maximum atomic E-state index is 12.0. The van der Waals surface area contributed by atoms with Gasteiger partial charge >= 0.3 is 0 Å². The van der Waals surface area contributed by atoms with Crippen LogP contribution in [0.25, 0.3) is 0 Å². The highest BCUT2D eigenvalue weighted by Gasteiger charge is 2.11. The maximum Gasteiger partial charge on any atom is 0.251 e. The monoisotopic (exact) mass is 326 g/mol. The number of anilines is 1. The first-order valence-electron chi connectivity index (χ1n) is 5.41. The van der Waals surface area contributed by atoms with Crippen molar-refractivity contribution in [3.63, 3.8) is 0 Å². The first-order chi connectivity index (χ1) is 8.56. The van der Waals surface area contributed by atoms with Crippen LogP contribution in [0, 0.1) is 19.3 Å². The molecule has 96 valence electrons. The Labute approximate surface area is 120 Å². The number of benzene rings is 1. The fourth-order valence-electron chi connectivity index (χ4n) is 1.40. The van der Waals surface area contributed by atoms with Crippen molar-refractivity contribution < 1.29 is 4.79 Å². The number of thioether (sulfide) groups is 1. The third-order valence-corrected chi connectivity index (χ3v) is 3.70. The molecule has 0 aromatic heterocycles. The molecule has 3 N–H and O–H groups in total. The van der Waals surface area contributed by atoms with Gasteiger partial charge in [-0.2, -0.15) is 0 Å². The number of nitrogen functional groups attached to an aromatic ring is 1. The predicted octanol–water partition coefficient (Wildman–Crippen LogP) is 2.44. The zero-order valence-corrected chi connectivity index (χ0v) is 12.5. The van der Waals surface area contributed by atoms with Gasteiger partial charge < -0.3 is 11.1 Å². The van der Waals surface area contributed by atoms with Gasteiger partial charge in [-0.15, -0.1) is 18.2 Å². The van der Waals surface area contributed by atoms with Crippen LogP contribution in [0.1, 0.15) is 15.9 Å². The third kappa shape index (κ3) is 4.28. The smallest absolute Gasteiger partial charge is 0.251 e. The molecule has 1 amide bonds. The molecule has 18 heavy (non-hydrogen) atoms. The Morgan fingerprint density at radius 1 is 1.61 bits per heavy atom. The highest BCUT2D eigenvalue weighted by molar-refractivity contribution is 9.10. The van der Waals surface area contributed by atoms with Crippen LogP contribution in [0.5, 0.6) is 0 Å². The molecule has 0 fully saturated rings. The molecule has 0 bridgehead atoms. The summed E-state index contributed by atoms with van der Waals surface area (Å²) in [6.07, 6.45) is 5.14. The minimum atomic E-state index is -0.109. The highest BCUT2D eigenvalue weighted by Crippen LogP contribution is 2.22. The van der Waals surface area contributed by atoms with Gasteiger partial charge in [-0.3, -0.25) is 4.79 Å². The number of rotatable bonds is 5. The van der Waals surface area contributed by atoms with Crippen molar-refractivity contribution in [2.45, 2.75) is 6.92 Å². The van der Waals surface area contributed by atoms with Gasteiger partial charge in [-0.1, -0.05) is 21.9 Å². The van der Waals surface area contributed by atoms with Crippen molar-refractivity contribution in [2.75, 3.05) is 23.8 Å². The second-order valence-electron chi connectivity index (χ2n) is 3.68. The number of nitrogens with two attached hydrogens (primary N) is 1. The second kappa shape index (κ2) is 7.34. The molecule has 0 saturated carbocycles. The maximum absolute atomic E-state index is 12.0. The molecule has 0 spiro atoms. The SMILES string of the molecule is C#CCSCCNC(=O)c1cc(Br)cc(N)c1C. The first-order valence-corrected chi connectivity index (χ1v) is 7.36. The van der Waals surface area contributed by atoms with Crippen LogP contribution in [0.3, 0.4) is 0 Å². The van der Waals surface area contributed by atoms with Gasteiger partial charge in [-0.05, 0) is 24.6 Å². The van der Waals surface area contributed by atoms with Gasteiger partial charge in [0.1, 0.15) is 0 Å². The minimum Gasteiger partial charge on any atom is -0.398 e. The van der Waals surface area contributed by atoms with E-state index in [2.05, 4.69) is 27.2 Å². The third-order valence-electron chi connectivity index (χ3n) is 2.37. The molecule has 0 heterocycles. The highest BCUT2D eigenvalue weighted by atomic mass is 79.9. The predicted molar refractivity (Wildman–Crippen MR) is 81.8 cm³/mol. The number of amides is 1. The number of nitrogens with one attached hydrogen (secondary N) is 1. The lowest BCUT2D eigenvalue weighted by atomic mass is 10.1. The number of terminal acetylenes is 1. The van der Waals surface area contributed by atoms with Crippen molar-refractivity contribution >= 4 is 39.3 Å². The van der Waals surface area contributed by atoms with Crippen molar-refractivity contribution in [3.05, 3.63) is 27.7 Å². The molecule has 1 aromatic rings. The molecular weight excluding hydrogens is 312 g/mol. The molecule has 3 nitrogen and oxygen atoms in total. The second-order valence-corrected chi connectivity index (χ2v) is 5.70. The molecular formula is C13H15BrN2OS. The van der Waals surface area contributed by atoms with Gasteiger partial charge in [0.2, 0.25) is 0 Å². The Morgan fingerprint density at radius 2 is 2.33 bits per heavy atom. The summed E-state index contributed by atoms with van der Waals surface area (Å²) in [5.41, 5.74) is 7.82. The van der Waals surface area contributed by atoms with Crippen molar-refractivity contribution in [1.29, 1.82) is 0 Å². The van der Waals surface area contributed by atoms with E-state index in [9.17, 15) is 4.79 Å². The van der Waals surface area contributed by atoms with E-state index in [1.807, 2.05) is 6.92 Å². The van der Waals surface area contributed by atoms with Gasteiger partial charge in [0.05, 0.1) is 5.75 Å². The van der Waals surface area contributed by atoms with E-state index in [-0.39, 0.29) is 5.91 Å². The van der Waals surface area contributed by atoms with E-state index in [1.54, 1.807) is 23.9 Å². The number of carbonyl (C=O) groups excluding carboxylic acids is 1. The molecule has 0 unspecified atom stereocenters. The molecule has 0 aliphatic rings. The average molecular weight is 327 g/mol. The summed E-state index contributed by atoms with van der Waals surface area (Å²) in [6, 6.07) is 3.56. The van der Waals surface area contributed by atoms with Crippen molar-refractivity contribution in [2.24, 2.45) is 0 Å². The van der Waals surface area contributed by atoms with Gasteiger partial charge in [0.25, 0.3) is 5.91 Å². The summed E-state index contributed by atoms with van der Waals surface area (Å²) >= 11 is 4.95. The summed E-state index contributed by atoms with van der Waals surface area (Å²) in [5, 5.41) is 2.85. The number of carbonyl (C=O) groups is 1. The van der Waals surface area contributed by atoms with Gasteiger partial charge in [-0.25, -0.2) is 0 Å². The van der Waals surface area contributed by atoms with Crippen LogP contribution in [0.2, 0.25) is 0 Å². The average Bonchev–Trinajstić information content (AvgIpc) is 2.33. The lowest BCUT2D eigenvalue weighted by Crippen LogP contribution is -2.26. The summed E-state index contributed by atoms with van der Waals surface area (Å²) in [5.74, 6) is 3.90. The minimum absolute atomic E-state index is 0.109. The molecule has 0 atom stereocenters. The summed E-state index contributed by atoms with van der Waals surface area (Å²) in [4.78, 5) is 12.0. The summed E-state index contributed by atoms with van der Waals surface area (Å²) in [6.45, 7) is 2.43. The first kappa shape index (κ1) is 14.9. The van der Waals surface area contributed by atoms with Gasteiger partial charge in [0.15, 0.2) is 0 Å². The van der Waals surface area contributed by atoms with Crippen LogP contribution in [-0.2, 0) is 0 Å². The lowest BCUT2D eigenvalue weighted by Gasteiger charge is -2.10. The molecule has 1 rings (SSSR count). The Bertz CT molecular complexity index is 483. The van der Waals surface area contributed by atoms with E-state index >= 15 is 0 Å². The van der Waals surface area contributed by atoms with Crippen LogP contribution in [-0.4, -0.2) is 24.0 Å². The Balaban J connectivity index is 2.60. The lowest BCUT2D eigenvalue weighted by molar-refractivity contribution is 0.0955. The van der Waals surface area contributed by atoms with E-state index in [4.69, 9.17) is 12.2 Å². The Kier molecular flexibility index (Phi) is 6.10. The summed E-state index contributed by atoms with van der Waals surface area (Å²) < 4.78 is 0.803. The fraction of sp³-hybridized carbons (Fsp3) is 0.308. The Hall–Kier alpha value is -1.12. The molecule has 1 aromatic carbocycles. The standard InChI is InChI=1S/C13H15BrN2OS/c1-3-5-18-6-4-16-13(17)11-7-10(14)8-12(15)9(11)2/h1,7-8H,4-6,15H2,2H3,(H,16,17). The normalized spacial score (nSPS) is 9.83. The topological polar surface area (TPSA) is 55.1 Å². The zero-order valence-electron chi connectivity index (χ0n) is 10.1. The number of hydrogen-bond donors (Lipinski definition) is 2. The quantitative estimate of drug-likeness (QED) is 0.496. The molecule has 0 radical (unpaired) electrons. The van der Waals surface area contributed by atoms with Gasteiger partial charge in [0, 0.05) is 28.0 Å². The van der Waals surface area contributed by atoms with E-state index in [0.29, 0.717) is 23.5 Å². The zero-order chi connectivity index (χ0) is 13.5. The van der Waals surface area contributed by atoms with Crippen LogP contribution in [0.15, 0.2) is 16.6 Å². The van der Waals surface area contributed by atoms with Crippen molar-refractivity contribution in [3.8, 4) is 12.3 Å². The molecule has 0 aliphatic carbocycles. The Morgan fingerprint density at radius 3 is 3.00 bits per heavy atom. The molecule has 5 heteroatoms. The number of halogens is 1. The van der Waals surface area contributed by atoms with E-state index < -0.39 is 0 Å². The van der Waals surface area contributed by atoms with Crippen LogP contribution >= 0.6 is 27.7 Å². The van der Waals surface area contributed by atoms with E-state index in [0.717, 1.165) is 15.8 Å². The largest absolute Gasteiger partial charge is 0.398 e. The summed E-state index contributed by atoms with van der Waals surface area (Å²) in [7, 11) is 0. The van der Waals surface area contributed by atoms with Crippen molar-refractivity contribution in [1.82, 2.24) is 5.32 Å². The van der Waals surface area contributed by atoms with E-state index in [1.165, 1.54) is 0 Å². The molecule has 0 saturated heterocycles. The molecule has 0 aliphatic heterocycles. The van der Waals surface area contributed by atoms with Crippen LogP contribution in [0.4, 0.5) is 5.69 Å².